The Kier molecular flexibility index (Phi) is 8.00. The molecule has 0 bridgehead atoms. The molecule has 0 amide bonds. The van der Waals surface area contributed by atoms with Gasteiger partial charge in [0.2, 0.25) is 0 Å². The van der Waals surface area contributed by atoms with E-state index in [1.807, 2.05) is 0 Å². The fourth-order valence-electron chi connectivity index (χ4n) is 4.75. The molecule has 26 heavy (non-hydrogen) atoms. The van der Waals surface area contributed by atoms with Crippen molar-refractivity contribution < 1.29 is 9.47 Å². The molecule has 0 aromatic carbocycles. The maximum absolute atomic E-state index is 6.50. The number of hydrogen-bond acceptors (Lipinski definition) is 3. The van der Waals surface area contributed by atoms with Crippen LogP contribution in [-0.4, -0.2) is 43.0 Å². The number of nitrogens with zero attached hydrogens (tertiary/aromatic N) is 1. The number of ether oxygens (including phenoxy) is 2. The molecular formula is C23H45NO2. The Labute approximate surface area is 163 Å². The van der Waals surface area contributed by atoms with Gasteiger partial charge >= 0.3 is 0 Å². The second-order valence-corrected chi connectivity index (χ2v) is 10.2. The molecule has 2 rings (SSSR count). The Balaban J connectivity index is 1.79. The summed E-state index contributed by atoms with van der Waals surface area (Å²) in [6.45, 7) is 20.8. The Morgan fingerprint density at radius 3 is 2.27 bits per heavy atom. The van der Waals surface area contributed by atoms with Crippen LogP contribution in [0.5, 0.6) is 0 Å². The summed E-state index contributed by atoms with van der Waals surface area (Å²) in [5.41, 5.74) is 0.414. The van der Waals surface area contributed by atoms with E-state index in [0.29, 0.717) is 5.41 Å². The van der Waals surface area contributed by atoms with E-state index < -0.39 is 0 Å². The molecule has 0 aromatic heterocycles. The van der Waals surface area contributed by atoms with Crippen molar-refractivity contribution in [2.45, 2.75) is 98.9 Å². The van der Waals surface area contributed by atoms with Gasteiger partial charge < -0.3 is 14.4 Å². The lowest BCUT2D eigenvalue weighted by Crippen LogP contribution is -2.41. The van der Waals surface area contributed by atoms with Crippen LogP contribution in [0.4, 0.5) is 0 Å². The Morgan fingerprint density at radius 1 is 1.08 bits per heavy atom. The second-order valence-electron chi connectivity index (χ2n) is 10.2. The molecule has 1 aliphatic carbocycles. The SMILES string of the molecule is CCCN(CCC1COC2(CCC(C(C)(C)C(C)C)CC2)O1)CC(C)C. The van der Waals surface area contributed by atoms with Crippen molar-refractivity contribution in [3.8, 4) is 0 Å². The first-order valence-electron chi connectivity index (χ1n) is 11.2. The summed E-state index contributed by atoms with van der Waals surface area (Å²) in [6, 6.07) is 0. The molecule has 3 nitrogen and oxygen atoms in total. The van der Waals surface area contributed by atoms with Crippen molar-refractivity contribution >= 4 is 0 Å². The maximum Gasteiger partial charge on any atom is 0.168 e. The van der Waals surface area contributed by atoms with Crippen LogP contribution in [0.25, 0.3) is 0 Å². The average molecular weight is 368 g/mol. The van der Waals surface area contributed by atoms with Gasteiger partial charge in [0.1, 0.15) is 0 Å². The summed E-state index contributed by atoms with van der Waals surface area (Å²) in [5, 5.41) is 0. The molecule has 1 atom stereocenters. The van der Waals surface area contributed by atoms with Gasteiger partial charge in [-0.05, 0) is 55.4 Å². The molecule has 2 fully saturated rings. The maximum atomic E-state index is 6.50. The number of rotatable bonds is 9. The van der Waals surface area contributed by atoms with E-state index in [-0.39, 0.29) is 11.9 Å². The average Bonchev–Trinajstić information content (AvgIpc) is 2.95. The van der Waals surface area contributed by atoms with Gasteiger partial charge in [-0.25, -0.2) is 0 Å². The molecule has 0 aromatic rings. The van der Waals surface area contributed by atoms with Gasteiger partial charge in [-0.15, -0.1) is 0 Å². The van der Waals surface area contributed by atoms with Gasteiger partial charge in [0, 0.05) is 25.9 Å². The first-order chi connectivity index (χ1) is 12.2. The summed E-state index contributed by atoms with van der Waals surface area (Å²) in [4.78, 5) is 2.60. The lowest BCUT2D eigenvalue weighted by Gasteiger charge is -2.44. The normalized spacial score (nSPS) is 30.2. The fraction of sp³-hybridized carbons (Fsp3) is 1.00. The van der Waals surface area contributed by atoms with E-state index in [0.717, 1.165) is 50.2 Å². The topological polar surface area (TPSA) is 21.7 Å². The van der Waals surface area contributed by atoms with Crippen LogP contribution in [0.2, 0.25) is 0 Å². The molecule has 3 heteroatoms. The van der Waals surface area contributed by atoms with E-state index >= 15 is 0 Å². The largest absolute Gasteiger partial charge is 0.347 e. The minimum Gasteiger partial charge on any atom is -0.347 e. The minimum absolute atomic E-state index is 0.262. The minimum atomic E-state index is -0.262. The lowest BCUT2D eigenvalue weighted by atomic mass is 9.64. The molecule has 1 saturated heterocycles. The van der Waals surface area contributed by atoms with Gasteiger partial charge in [0.15, 0.2) is 5.79 Å². The van der Waals surface area contributed by atoms with E-state index in [2.05, 4.69) is 53.4 Å². The molecule has 1 saturated carbocycles. The lowest BCUT2D eigenvalue weighted by molar-refractivity contribution is -0.198. The van der Waals surface area contributed by atoms with E-state index in [9.17, 15) is 0 Å². The molecule has 1 aliphatic heterocycles. The Hall–Kier alpha value is -0.120. The molecule has 1 unspecified atom stereocenters. The summed E-state index contributed by atoms with van der Waals surface area (Å²) in [5.74, 6) is 1.99. The van der Waals surface area contributed by atoms with Crippen molar-refractivity contribution in [2.24, 2.45) is 23.2 Å². The summed E-state index contributed by atoms with van der Waals surface area (Å²) in [6.07, 6.45) is 7.27. The smallest absolute Gasteiger partial charge is 0.168 e. The van der Waals surface area contributed by atoms with E-state index in [1.54, 1.807) is 0 Å². The zero-order valence-corrected chi connectivity index (χ0v) is 18.6. The van der Waals surface area contributed by atoms with Crippen LogP contribution >= 0.6 is 0 Å². The van der Waals surface area contributed by atoms with Crippen LogP contribution in [0.15, 0.2) is 0 Å². The zero-order valence-electron chi connectivity index (χ0n) is 18.6. The van der Waals surface area contributed by atoms with E-state index in [1.165, 1.54) is 32.4 Å². The first kappa shape index (κ1) is 22.2. The molecule has 154 valence electrons. The summed E-state index contributed by atoms with van der Waals surface area (Å²) in [7, 11) is 0. The van der Waals surface area contributed by atoms with Gasteiger partial charge in [-0.2, -0.15) is 0 Å². The highest BCUT2D eigenvalue weighted by Crippen LogP contribution is 2.48. The van der Waals surface area contributed by atoms with Gasteiger partial charge in [-0.1, -0.05) is 48.5 Å². The molecule has 0 N–H and O–H groups in total. The van der Waals surface area contributed by atoms with Crippen LogP contribution in [-0.2, 0) is 9.47 Å². The molecule has 1 heterocycles. The van der Waals surface area contributed by atoms with Gasteiger partial charge in [-0.3, -0.25) is 0 Å². The summed E-state index contributed by atoms with van der Waals surface area (Å²) >= 11 is 0. The highest BCUT2D eigenvalue weighted by molar-refractivity contribution is 4.91. The quantitative estimate of drug-likeness (QED) is 0.519. The van der Waals surface area contributed by atoms with Crippen molar-refractivity contribution in [2.75, 3.05) is 26.2 Å². The van der Waals surface area contributed by atoms with Gasteiger partial charge in [0.25, 0.3) is 0 Å². The Morgan fingerprint density at radius 2 is 1.73 bits per heavy atom. The predicted molar refractivity (Wildman–Crippen MR) is 110 cm³/mol. The summed E-state index contributed by atoms with van der Waals surface area (Å²) < 4.78 is 12.7. The molecule has 1 spiro atoms. The third-order valence-electron chi connectivity index (χ3n) is 7.13. The highest BCUT2D eigenvalue weighted by atomic mass is 16.7. The standard InChI is InChI=1S/C23H45NO2/c1-8-14-24(16-18(2)3)15-11-21-17-25-23(26-21)12-9-20(10-13-23)22(6,7)19(4)5/h18-21H,8-17H2,1-7H3. The van der Waals surface area contributed by atoms with E-state index in [4.69, 9.17) is 9.47 Å². The first-order valence-corrected chi connectivity index (χ1v) is 11.2. The second kappa shape index (κ2) is 9.39. The zero-order chi connectivity index (χ0) is 19.4. The van der Waals surface area contributed by atoms with Crippen molar-refractivity contribution in [3.05, 3.63) is 0 Å². The third-order valence-corrected chi connectivity index (χ3v) is 7.13. The van der Waals surface area contributed by atoms with Crippen LogP contribution in [0.1, 0.15) is 87.0 Å². The van der Waals surface area contributed by atoms with Crippen LogP contribution < -0.4 is 0 Å². The van der Waals surface area contributed by atoms with Crippen LogP contribution in [0, 0.1) is 23.2 Å². The van der Waals surface area contributed by atoms with Gasteiger partial charge in [0.05, 0.1) is 12.7 Å². The molecular weight excluding hydrogens is 322 g/mol. The third kappa shape index (κ3) is 5.69. The predicted octanol–water partition coefficient (Wildman–Crippen LogP) is 5.73. The molecule has 2 aliphatic rings. The van der Waals surface area contributed by atoms with Crippen LogP contribution in [0.3, 0.4) is 0 Å². The monoisotopic (exact) mass is 367 g/mol. The fourth-order valence-corrected chi connectivity index (χ4v) is 4.75. The van der Waals surface area contributed by atoms with Crippen molar-refractivity contribution in [1.29, 1.82) is 0 Å². The Bertz CT molecular complexity index is 410. The van der Waals surface area contributed by atoms with Crippen molar-refractivity contribution in [3.63, 3.8) is 0 Å². The number of hydrogen-bond donors (Lipinski definition) is 0. The molecule has 0 radical (unpaired) electrons. The highest BCUT2D eigenvalue weighted by Gasteiger charge is 2.47. The van der Waals surface area contributed by atoms with Crippen molar-refractivity contribution in [1.82, 2.24) is 4.90 Å².